The third kappa shape index (κ3) is 4.48. The molecule has 0 unspecified atom stereocenters. The molecule has 1 amide bonds. The van der Waals surface area contributed by atoms with E-state index in [4.69, 9.17) is 10.5 Å². The molecular formula is C30H39N3O9. The van der Waals surface area contributed by atoms with E-state index in [2.05, 4.69) is 4.90 Å². The number of rotatable bonds is 6. The van der Waals surface area contributed by atoms with Crippen molar-refractivity contribution in [2.75, 3.05) is 33.7 Å². The molecule has 42 heavy (non-hydrogen) atoms. The van der Waals surface area contributed by atoms with Crippen molar-refractivity contribution in [2.45, 2.75) is 57.3 Å². The molecule has 0 radical (unpaired) electrons. The summed E-state index contributed by atoms with van der Waals surface area (Å²) in [6.07, 6.45) is 0.636. The van der Waals surface area contributed by atoms with E-state index >= 15 is 0 Å². The van der Waals surface area contributed by atoms with E-state index in [1.807, 2.05) is 0 Å². The molecule has 1 aromatic carbocycles. The molecule has 1 aliphatic heterocycles. The van der Waals surface area contributed by atoms with Gasteiger partial charge in [-0.15, -0.1) is 0 Å². The van der Waals surface area contributed by atoms with E-state index in [1.54, 1.807) is 19.1 Å². The van der Waals surface area contributed by atoms with Crippen LogP contribution < -0.4 is 5.73 Å². The SMILES string of the molecule is C.C[C@H]1c2cccc(O)c2C(O)=C2C(=O)[C@@]3(O)C(O)=C(C(N)=O)C(=O)[C@H](N(C)C)[C@@H]3[C@@H](OC(=O)CCN3CCCC3)[C@H]21. The van der Waals surface area contributed by atoms with Crippen LogP contribution in [0.4, 0.5) is 0 Å². The fraction of sp³-hybridized carbons (Fsp3) is 0.533. The van der Waals surface area contributed by atoms with Crippen molar-refractivity contribution in [1.82, 2.24) is 9.80 Å². The first kappa shape index (κ1) is 31.2. The van der Waals surface area contributed by atoms with Crippen molar-refractivity contribution in [3.05, 3.63) is 46.2 Å². The van der Waals surface area contributed by atoms with Crippen LogP contribution in [0.5, 0.6) is 5.75 Å². The highest BCUT2D eigenvalue weighted by Gasteiger charge is 2.69. The number of ketones is 2. The molecule has 1 heterocycles. The van der Waals surface area contributed by atoms with Gasteiger partial charge in [-0.25, -0.2) is 0 Å². The summed E-state index contributed by atoms with van der Waals surface area (Å²) in [5, 5.41) is 45.3. The first-order valence-corrected chi connectivity index (χ1v) is 13.7. The number of fused-ring (bicyclic) bond motifs is 3. The molecule has 1 saturated carbocycles. The Kier molecular flexibility index (Phi) is 8.29. The van der Waals surface area contributed by atoms with Gasteiger partial charge in [0.05, 0.1) is 23.9 Å². The number of hydrogen-bond donors (Lipinski definition) is 5. The summed E-state index contributed by atoms with van der Waals surface area (Å²) in [4.78, 5) is 56.9. The van der Waals surface area contributed by atoms with Crippen molar-refractivity contribution in [3.8, 4) is 5.75 Å². The average Bonchev–Trinajstić information content (AvgIpc) is 3.42. The highest BCUT2D eigenvalue weighted by Crippen LogP contribution is 2.56. The normalized spacial score (nSPS) is 30.9. The summed E-state index contributed by atoms with van der Waals surface area (Å²) in [7, 11) is 2.97. The zero-order chi connectivity index (χ0) is 30.0. The minimum Gasteiger partial charge on any atom is -0.508 e. The average molecular weight is 586 g/mol. The van der Waals surface area contributed by atoms with Crippen LogP contribution in [0.25, 0.3) is 5.76 Å². The number of aromatic hydroxyl groups is 1. The molecule has 5 rings (SSSR count). The van der Waals surface area contributed by atoms with Crippen molar-refractivity contribution >= 4 is 29.2 Å². The van der Waals surface area contributed by atoms with Gasteiger partial charge in [-0.3, -0.25) is 24.1 Å². The predicted molar refractivity (Wildman–Crippen MR) is 151 cm³/mol. The lowest BCUT2D eigenvalue weighted by atomic mass is 9.54. The number of benzene rings is 1. The number of likely N-dealkylation sites (N-methyl/N-ethyl adjacent to an activating group) is 1. The summed E-state index contributed by atoms with van der Waals surface area (Å²) in [5.41, 5.74) is 1.57. The van der Waals surface area contributed by atoms with Crippen LogP contribution in [0.2, 0.25) is 0 Å². The highest BCUT2D eigenvalue weighted by molar-refractivity contribution is 6.24. The Bertz CT molecular complexity index is 1390. The van der Waals surface area contributed by atoms with Gasteiger partial charge in [-0.1, -0.05) is 26.5 Å². The van der Waals surface area contributed by atoms with Gasteiger partial charge in [0, 0.05) is 18.0 Å². The second-order valence-electron chi connectivity index (χ2n) is 11.6. The number of carbonyl (C=O) groups is 4. The molecule has 12 nitrogen and oxygen atoms in total. The quantitative estimate of drug-likeness (QED) is 0.238. The number of nitrogens with two attached hydrogens (primary N) is 1. The lowest BCUT2D eigenvalue weighted by Gasteiger charge is -2.54. The Morgan fingerprint density at radius 3 is 2.38 bits per heavy atom. The van der Waals surface area contributed by atoms with Crippen molar-refractivity contribution < 1.29 is 44.3 Å². The molecule has 6 N–H and O–H groups in total. The van der Waals surface area contributed by atoms with Crippen LogP contribution in [0.1, 0.15) is 50.7 Å². The Morgan fingerprint density at radius 1 is 1.14 bits per heavy atom. The fourth-order valence-corrected chi connectivity index (χ4v) is 7.15. The number of ether oxygens (including phenoxy) is 1. The highest BCUT2D eigenvalue weighted by atomic mass is 16.5. The first-order chi connectivity index (χ1) is 19.3. The Hall–Kier alpha value is -3.74. The number of likely N-dealkylation sites (tertiary alicyclic amines) is 1. The van der Waals surface area contributed by atoms with E-state index < -0.39 is 76.0 Å². The molecule has 0 spiro atoms. The Balaban J connectivity index is 0.00000405. The van der Waals surface area contributed by atoms with E-state index in [9.17, 15) is 39.6 Å². The maximum absolute atomic E-state index is 14.2. The van der Waals surface area contributed by atoms with Gasteiger partial charge in [-0.2, -0.15) is 0 Å². The number of aliphatic hydroxyl groups is 3. The van der Waals surface area contributed by atoms with Crippen LogP contribution in [0.15, 0.2) is 35.1 Å². The van der Waals surface area contributed by atoms with Crippen molar-refractivity contribution in [3.63, 3.8) is 0 Å². The van der Waals surface area contributed by atoms with Gasteiger partial charge >= 0.3 is 5.97 Å². The summed E-state index contributed by atoms with van der Waals surface area (Å²) in [6, 6.07) is 3.15. The summed E-state index contributed by atoms with van der Waals surface area (Å²) in [5.74, 6) is -9.59. The monoisotopic (exact) mass is 585 g/mol. The largest absolute Gasteiger partial charge is 0.508 e. The summed E-state index contributed by atoms with van der Waals surface area (Å²) >= 11 is 0. The number of esters is 1. The zero-order valence-electron chi connectivity index (χ0n) is 23.2. The van der Waals surface area contributed by atoms with Gasteiger partial charge in [-0.05, 0) is 57.6 Å². The molecule has 12 heteroatoms. The second kappa shape index (κ2) is 11.2. The summed E-state index contributed by atoms with van der Waals surface area (Å²) < 4.78 is 6.03. The fourth-order valence-electron chi connectivity index (χ4n) is 7.15. The maximum atomic E-state index is 14.2. The molecule has 3 aliphatic carbocycles. The topological polar surface area (TPSA) is 191 Å². The number of primary amides is 1. The number of phenols is 1. The van der Waals surface area contributed by atoms with Gasteiger partial charge in [0.2, 0.25) is 5.78 Å². The third-order valence-corrected chi connectivity index (χ3v) is 9.06. The Morgan fingerprint density at radius 2 is 1.79 bits per heavy atom. The Labute approximate surface area is 244 Å². The molecule has 4 aliphatic rings. The van der Waals surface area contributed by atoms with Gasteiger partial charge in [0.1, 0.15) is 28.9 Å². The van der Waals surface area contributed by atoms with Crippen LogP contribution in [-0.2, 0) is 23.9 Å². The van der Waals surface area contributed by atoms with Crippen LogP contribution in [-0.4, -0.2) is 105 Å². The second-order valence-corrected chi connectivity index (χ2v) is 11.6. The molecule has 0 bridgehead atoms. The number of phenolic OH excluding ortho intramolecular Hbond substituents is 1. The van der Waals surface area contributed by atoms with Gasteiger partial charge in [0.15, 0.2) is 11.4 Å². The number of nitrogens with zero attached hydrogens (tertiary/aromatic N) is 2. The lowest BCUT2D eigenvalue weighted by Crippen LogP contribution is -2.71. The van der Waals surface area contributed by atoms with Crippen molar-refractivity contribution in [1.29, 1.82) is 0 Å². The summed E-state index contributed by atoms with van der Waals surface area (Å²) in [6.45, 7) is 3.84. The van der Waals surface area contributed by atoms with Gasteiger partial charge in [0.25, 0.3) is 5.91 Å². The molecule has 2 fully saturated rings. The molecule has 6 atom stereocenters. The van der Waals surface area contributed by atoms with E-state index in [0.29, 0.717) is 12.1 Å². The van der Waals surface area contributed by atoms with E-state index in [-0.39, 0.29) is 30.7 Å². The maximum Gasteiger partial charge on any atom is 0.307 e. The minimum atomic E-state index is -2.95. The van der Waals surface area contributed by atoms with Crippen LogP contribution in [0.3, 0.4) is 0 Å². The smallest absolute Gasteiger partial charge is 0.307 e. The van der Waals surface area contributed by atoms with Crippen molar-refractivity contribution in [2.24, 2.45) is 17.6 Å². The molecule has 1 aromatic rings. The van der Waals surface area contributed by atoms with Crippen LogP contribution >= 0.6 is 0 Å². The van der Waals surface area contributed by atoms with E-state index in [0.717, 1.165) is 25.9 Å². The standard InChI is InChI=1S/C29H35N3O9.CH4/c1-13-14-7-6-8-15(33)18(14)23(35)19-17(13)25(41-16(34)9-12-32-10-4-5-11-32)21-22(31(2)3)24(36)20(28(30)39)27(38)29(21,40)26(19)37;/h6-8,13,17,21-22,25,33,35,38,40H,4-5,9-12H2,1-3H3,(H2,30,39);1H4/t13-,17-,21+,22+,25-,29+;/m0./s1. The first-order valence-electron chi connectivity index (χ1n) is 13.7. The molecular weight excluding hydrogens is 546 g/mol. The number of Topliss-reactive ketones (excluding diaryl/α,β-unsaturated/α-hetero) is 2. The number of aliphatic hydroxyl groups excluding tert-OH is 2. The number of carbonyl (C=O) groups excluding carboxylic acids is 4. The molecule has 1 saturated heterocycles. The van der Waals surface area contributed by atoms with Crippen LogP contribution in [0, 0.1) is 11.8 Å². The van der Waals surface area contributed by atoms with Gasteiger partial charge < -0.3 is 35.8 Å². The molecule has 0 aromatic heterocycles. The third-order valence-electron chi connectivity index (χ3n) is 9.06. The number of hydrogen-bond acceptors (Lipinski definition) is 11. The zero-order valence-corrected chi connectivity index (χ0v) is 23.2. The lowest BCUT2D eigenvalue weighted by molar-refractivity contribution is -0.185. The number of amides is 1. The molecule has 228 valence electrons. The minimum absolute atomic E-state index is 0. The predicted octanol–water partition coefficient (Wildman–Crippen LogP) is 1.17. The van der Waals surface area contributed by atoms with E-state index in [1.165, 1.54) is 25.1 Å².